The smallest absolute Gasteiger partial charge is 0.273 e. The van der Waals surface area contributed by atoms with Crippen LogP contribution in [0.5, 0.6) is 0 Å². The Hall–Kier alpha value is -3.59. The number of aromatic amines is 1. The number of nitro groups is 1. The van der Waals surface area contributed by atoms with Crippen LogP contribution in [0.1, 0.15) is 27.0 Å². The number of hydrogen-bond donors (Lipinski definition) is 2. The fourth-order valence-electron chi connectivity index (χ4n) is 2.92. The van der Waals surface area contributed by atoms with Gasteiger partial charge in [-0.15, -0.1) is 11.3 Å². The van der Waals surface area contributed by atoms with Gasteiger partial charge in [0, 0.05) is 22.4 Å². The van der Waals surface area contributed by atoms with Crippen molar-refractivity contribution in [3.63, 3.8) is 0 Å². The standard InChI is InChI=1S/C19H13FN4O3S/c20-12-5-3-11(4-6-12)17(16-2-1-9-28-16)21-19(25)18-14-10-13(24(26)27)7-8-15(14)22-23-18/h1-10,17H,(H,21,25)(H,22,23). The van der Waals surface area contributed by atoms with E-state index in [1.807, 2.05) is 17.5 Å². The van der Waals surface area contributed by atoms with E-state index in [0.29, 0.717) is 16.5 Å². The van der Waals surface area contributed by atoms with Crippen molar-refractivity contribution in [1.29, 1.82) is 0 Å². The van der Waals surface area contributed by atoms with Crippen LogP contribution in [0.25, 0.3) is 10.9 Å². The molecule has 0 aliphatic carbocycles. The lowest BCUT2D eigenvalue weighted by Crippen LogP contribution is -2.29. The Bertz CT molecular complexity index is 1160. The number of fused-ring (bicyclic) bond motifs is 1. The first-order valence-electron chi connectivity index (χ1n) is 8.25. The number of aromatic nitrogens is 2. The summed E-state index contributed by atoms with van der Waals surface area (Å²) in [6.07, 6.45) is 0. The van der Waals surface area contributed by atoms with Gasteiger partial charge in [-0.1, -0.05) is 18.2 Å². The van der Waals surface area contributed by atoms with E-state index in [9.17, 15) is 19.3 Å². The predicted molar refractivity (Wildman–Crippen MR) is 103 cm³/mol. The number of amides is 1. The summed E-state index contributed by atoms with van der Waals surface area (Å²) in [4.78, 5) is 24.3. The van der Waals surface area contributed by atoms with Gasteiger partial charge >= 0.3 is 0 Å². The zero-order valence-corrected chi connectivity index (χ0v) is 15.1. The van der Waals surface area contributed by atoms with Gasteiger partial charge in [-0.3, -0.25) is 20.0 Å². The van der Waals surface area contributed by atoms with Crippen molar-refractivity contribution in [2.45, 2.75) is 6.04 Å². The number of carbonyl (C=O) groups is 1. The number of rotatable bonds is 5. The Balaban J connectivity index is 1.70. The van der Waals surface area contributed by atoms with E-state index in [4.69, 9.17) is 0 Å². The van der Waals surface area contributed by atoms with Crippen molar-refractivity contribution in [2.24, 2.45) is 0 Å². The highest BCUT2D eigenvalue weighted by Gasteiger charge is 2.23. The average molecular weight is 396 g/mol. The van der Waals surface area contributed by atoms with Crippen molar-refractivity contribution in [1.82, 2.24) is 15.5 Å². The zero-order chi connectivity index (χ0) is 19.7. The van der Waals surface area contributed by atoms with Crippen LogP contribution in [0, 0.1) is 15.9 Å². The Morgan fingerprint density at radius 2 is 2.00 bits per heavy atom. The molecular weight excluding hydrogens is 383 g/mol. The minimum absolute atomic E-state index is 0.0577. The molecule has 0 fully saturated rings. The van der Waals surface area contributed by atoms with E-state index < -0.39 is 16.9 Å². The van der Waals surface area contributed by atoms with Gasteiger partial charge in [0.25, 0.3) is 11.6 Å². The molecule has 2 aromatic heterocycles. The van der Waals surface area contributed by atoms with Crippen LogP contribution in [0.3, 0.4) is 0 Å². The van der Waals surface area contributed by atoms with Crippen LogP contribution < -0.4 is 5.32 Å². The third-order valence-corrected chi connectivity index (χ3v) is 5.22. The molecule has 1 unspecified atom stereocenters. The van der Waals surface area contributed by atoms with E-state index in [2.05, 4.69) is 15.5 Å². The molecule has 140 valence electrons. The van der Waals surface area contributed by atoms with Gasteiger partial charge in [0.2, 0.25) is 0 Å². The first kappa shape index (κ1) is 17.8. The fraction of sp³-hybridized carbons (Fsp3) is 0.0526. The molecule has 0 saturated heterocycles. The minimum atomic E-state index is -0.527. The predicted octanol–water partition coefficient (Wildman–Crippen LogP) is 4.19. The Kier molecular flexibility index (Phi) is 4.58. The molecule has 0 saturated carbocycles. The number of nitro benzene ring substituents is 1. The van der Waals surface area contributed by atoms with Gasteiger partial charge in [-0.2, -0.15) is 5.10 Å². The molecule has 1 atom stereocenters. The quantitative estimate of drug-likeness (QED) is 0.390. The van der Waals surface area contributed by atoms with E-state index in [-0.39, 0.29) is 17.2 Å². The molecule has 2 aromatic carbocycles. The molecule has 0 bridgehead atoms. The van der Waals surface area contributed by atoms with Gasteiger partial charge in [-0.05, 0) is 35.2 Å². The third-order valence-electron chi connectivity index (χ3n) is 4.28. The molecule has 0 spiro atoms. The number of H-pyrrole nitrogens is 1. The first-order valence-corrected chi connectivity index (χ1v) is 9.13. The molecule has 1 amide bonds. The van der Waals surface area contributed by atoms with Crippen LogP contribution in [0.2, 0.25) is 0 Å². The van der Waals surface area contributed by atoms with Crippen LogP contribution in [-0.2, 0) is 0 Å². The molecule has 2 N–H and O–H groups in total. The number of benzene rings is 2. The second kappa shape index (κ2) is 7.20. The normalized spacial score (nSPS) is 12.0. The van der Waals surface area contributed by atoms with E-state index in [1.165, 1.54) is 41.7 Å². The van der Waals surface area contributed by atoms with Crippen molar-refractivity contribution < 1.29 is 14.1 Å². The molecule has 4 aromatic rings. The van der Waals surface area contributed by atoms with Gasteiger partial charge in [0.05, 0.1) is 16.5 Å². The number of nitrogens with one attached hydrogen (secondary N) is 2. The van der Waals surface area contributed by atoms with Crippen LogP contribution in [0.4, 0.5) is 10.1 Å². The largest absolute Gasteiger partial charge is 0.339 e. The molecule has 2 heterocycles. The highest BCUT2D eigenvalue weighted by Crippen LogP contribution is 2.28. The highest BCUT2D eigenvalue weighted by atomic mass is 32.1. The number of hydrogen-bond acceptors (Lipinski definition) is 5. The highest BCUT2D eigenvalue weighted by molar-refractivity contribution is 7.10. The Labute approximate surface area is 162 Å². The summed E-state index contributed by atoms with van der Waals surface area (Å²) >= 11 is 1.45. The molecule has 0 aliphatic rings. The number of thiophene rings is 1. The van der Waals surface area contributed by atoms with Gasteiger partial charge < -0.3 is 5.32 Å². The summed E-state index contributed by atoms with van der Waals surface area (Å²) in [6.45, 7) is 0. The first-order chi connectivity index (χ1) is 13.5. The second-order valence-corrected chi connectivity index (χ2v) is 7.01. The lowest BCUT2D eigenvalue weighted by Gasteiger charge is -2.17. The third kappa shape index (κ3) is 3.35. The van der Waals surface area contributed by atoms with Crippen molar-refractivity contribution in [3.05, 3.63) is 92.0 Å². The maximum absolute atomic E-state index is 13.3. The molecule has 4 rings (SSSR count). The van der Waals surface area contributed by atoms with Gasteiger partial charge in [-0.25, -0.2) is 4.39 Å². The lowest BCUT2D eigenvalue weighted by molar-refractivity contribution is -0.384. The van der Waals surface area contributed by atoms with E-state index in [0.717, 1.165) is 4.88 Å². The monoisotopic (exact) mass is 396 g/mol. The number of nitrogens with zero attached hydrogens (tertiary/aromatic N) is 2. The number of carbonyl (C=O) groups excluding carboxylic acids is 1. The van der Waals surface area contributed by atoms with Crippen molar-refractivity contribution in [2.75, 3.05) is 0 Å². The topological polar surface area (TPSA) is 101 Å². The molecular formula is C19H13FN4O3S. The summed E-state index contributed by atoms with van der Waals surface area (Å²) in [6, 6.07) is 13.3. The Morgan fingerprint density at radius 3 is 2.68 bits per heavy atom. The molecule has 0 radical (unpaired) electrons. The average Bonchev–Trinajstić information content (AvgIpc) is 3.36. The lowest BCUT2D eigenvalue weighted by atomic mass is 10.0. The summed E-state index contributed by atoms with van der Waals surface area (Å²) in [5.74, 6) is -0.861. The zero-order valence-electron chi connectivity index (χ0n) is 14.3. The molecule has 9 heteroatoms. The maximum Gasteiger partial charge on any atom is 0.273 e. The summed E-state index contributed by atoms with van der Waals surface area (Å²) in [5, 5.41) is 22.9. The summed E-state index contributed by atoms with van der Waals surface area (Å²) in [7, 11) is 0. The fourth-order valence-corrected chi connectivity index (χ4v) is 3.72. The minimum Gasteiger partial charge on any atom is -0.339 e. The Morgan fingerprint density at radius 1 is 1.21 bits per heavy atom. The van der Waals surface area contributed by atoms with E-state index in [1.54, 1.807) is 12.1 Å². The summed E-state index contributed by atoms with van der Waals surface area (Å²) < 4.78 is 13.3. The molecule has 7 nitrogen and oxygen atoms in total. The van der Waals surface area contributed by atoms with E-state index >= 15 is 0 Å². The SMILES string of the molecule is O=C(NC(c1ccc(F)cc1)c1cccs1)c1n[nH]c2ccc([N+](=O)[O-])cc12. The second-order valence-electron chi connectivity index (χ2n) is 6.03. The van der Waals surface area contributed by atoms with Crippen molar-refractivity contribution in [3.8, 4) is 0 Å². The van der Waals surface area contributed by atoms with Crippen LogP contribution in [0.15, 0.2) is 60.0 Å². The molecule has 28 heavy (non-hydrogen) atoms. The number of non-ortho nitro benzene ring substituents is 1. The van der Waals surface area contributed by atoms with Crippen molar-refractivity contribution >= 4 is 33.8 Å². The van der Waals surface area contributed by atoms with Gasteiger partial charge in [0.15, 0.2) is 5.69 Å². The summed E-state index contributed by atoms with van der Waals surface area (Å²) in [5.41, 5.74) is 1.16. The van der Waals surface area contributed by atoms with Crippen LogP contribution in [-0.4, -0.2) is 21.0 Å². The maximum atomic E-state index is 13.3. The molecule has 0 aliphatic heterocycles. The van der Waals surface area contributed by atoms with Crippen LogP contribution >= 0.6 is 11.3 Å². The number of halogens is 1. The van der Waals surface area contributed by atoms with Gasteiger partial charge in [0.1, 0.15) is 5.82 Å².